The maximum atomic E-state index is 13.7. The third kappa shape index (κ3) is 5.24. The molecule has 20 heavy (non-hydrogen) atoms. The fourth-order valence-electron chi connectivity index (χ4n) is 1.56. The zero-order chi connectivity index (χ0) is 15.0. The lowest BCUT2D eigenvalue weighted by Crippen LogP contribution is -2.34. The molecular formula is C15H18FNO2S. The Balaban J connectivity index is 2.81. The second-order valence-electron chi connectivity index (χ2n) is 4.19. The monoisotopic (exact) mass is 295 g/mol. The largest absolute Gasteiger partial charge is 0.384 e. The fraction of sp³-hybridized carbons (Fsp3) is 0.400. The molecule has 0 bridgehead atoms. The third-order valence-corrected chi connectivity index (χ3v) is 3.62. The lowest BCUT2D eigenvalue weighted by atomic mass is 10.1. The van der Waals surface area contributed by atoms with Gasteiger partial charge in [-0.2, -0.15) is 11.8 Å². The molecule has 0 aliphatic carbocycles. The van der Waals surface area contributed by atoms with Gasteiger partial charge in [-0.15, -0.1) is 0 Å². The van der Waals surface area contributed by atoms with Crippen LogP contribution in [-0.2, 0) is 0 Å². The summed E-state index contributed by atoms with van der Waals surface area (Å²) in [5, 5.41) is 11.4. The predicted octanol–water partition coefficient (Wildman–Crippen LogP) is 2.04. The van der Waals surface area contributed by atoms with Crippen molar-refractivity contribution in [3.05, 3.63) is 35.1 Å². The number of benzene rings is 1. The minimum Gasteiger partial charge on any atom is -0.384 e. The molecule has 108 valence electrons. The van der Waals surface area contributed by atoms with Crippen LogP contribution in [-0.4, -0.2) is 35.2 Å². The highest BCUT2D eigenvalue weighted by atomic mass is 32.2. The van der Waals surface area contributed by atoms with Crippen LogP contribution in [0.4, 0.5) is 4.39 Å². The van der Waals surface area contributed by atoms with Crippen LogP contribution >= 0.6 is 11.8 Å². The zero-order valence-electron chi connectivity index (χ0n) is 11.6. The summed E-state index contributed by atoms with van der Waals surface area (Å²) < 4.78 is 13.7. The van der Waals surface area contributed by atoms with E-state index in [4.69, 9.17) is 5.11 Å². The molecule has 0 spiro atoms. The van der Waals surface area contributed by atoms with E-state index in [0.717, 1.165) is 11.5 Å². The topological polar surface area (TPSA) is 49.3 Å². The average Bonchev–Trinajstić information content (AvgIpc) is 2.44. The van der Waals surface area contributed by atoms with Gasteiger partial charge in [0.2, 0.25) is 0 Å². The molecule has 0 heterocycles. The number of carbonyl (C=O) groups excluding carboxylic acids is 1. The third-order valence-electron chi connectivity index (χ3n) is 2.47. The summed E-state index contributed by atoms with van der Waals surface area (Å²) in [7, 11) is 0. The van der Waals surface area contributed by atoms with E-state index < -0.39 is 11.7 Å². The van der Waals surface area contributed by atoms with Gasteiger partial charge in [0.25, 0.3) is 5.91 Å². The maximum Gasteiger partial charge on any atom is 0.254 e. The molecule has 0 aromatic heterocycles. The molecule has 0 radical (unpaired) electrons. The van der Waals surface area contributed by atoms with Gasteiger partial charge in [-0.3, -0.25) is 4.79 Å². The Hall–Kier alpha value is -1.51. The Morgan fingerprint density at radius 3 is 2.95 bits per heavy atom. The van der Waals surface area contributed by atoms with Crippen LogP contribution in [0.5, 0.6) is 0 Å². The number of hydrogen-bond donors (Lipinski definition) is 2. The highest BCUT2D eigenvalue weighted by Gasteiger charge is 2.14. The lowest BCUT2D eigenvalue weighted by molar-refractivity contribution is 0.0939. The van der Waals surface area contributed by atoms with Gasteiger partial charge in [-0.1, -0.05) is 18.8 Å². The molecule has 1 unspecified atom stereocenters. The number of amides is 1. The Morgan fingerprint density at radius 1 is 1.55 bits per heavy atom. The average molecular weight is 295 g/mol. The summed E-state index contributed by atoms with van der Waals surface area (Å²) in [6.07, 6.45) is 0. The first kappa shape index (κ1) is 16.5. The molecule has 0 saturated heterocycles. The number of nitrogens with one attached hydrogen (secondary N) is 1. The van der Waals surface area contributed by atoms with Crippen LogP contribution < -0.4 is 5.32 Å². The highest BCUT2D eigenvalue weighted by molar-refractivity contribution is 7.99. The Morgan fingerprint density at radius 2 is 2.30 bits per heavy atom. The van der Waals surface area contributed by atoms with Crippen molar-refractivity contribution in [1.29, 1.82) is 0 Å². The predicted molar refractivity (Wildman–Crippen MR) is 80.3 cm³/mol. The standard InChI is InChI=1S/C15H18FNO2S/c1-3-20-10-11(2)17-15(19)13-9-12(5-4-8-18)6-7-14(13)16/h6-7,9,11,18H,3,8,10H2,1-2H3,(H,17,19). The van der Waals surface area contributed by atoms with Crippen molar-refractivity contribution in [3.8, 4) is 11.8 Å². The molecule has 1 aromatic rings. The van der Waals surface area contributed by atoms with Crippen molar-refractivity contribution in [1.82, 2.24) is 5.32 Å². The first-order chi connectivity index (χ1) is 9.58. The van der Waals surface area contributed by atoms with Gasteiger partial charge in [0.1, 0.15) is 12.4 Å². The van der Waals surface area contributed by atoms with E-state index in [0.29, 0.717) is 5.56 Å². The van der Waals surface area contributed by atoms with Crippen molar-refractivity contribution < 1.29 is 14.3 Å². The van der Waals surface area contributed by atoms with Crippen LogP contribution in [0, 0.1) is 17.7 Å². The number of halogens is 1. The van der Waals surface area contributed by atoms with E-state index in [2.05, 4.69) is 17.2 Å². The Bertz CT molecular complexity index is 522. The first-order valence-electron chi connectivity index (χ1n) is 6.36. The number of carbonyl (C=O) groups is 1. The summed E-state index contributed by atoms with van der Waals surface area (Å²) >= 11 is 1.71. The minimum absolute atomic E-state index is 0.0249. The molecule has 1 atom stereocenters. The number of aliphatic hydroxyl groups excluding tert-OH is 1. The Kier molecular flexibility index (Phi) is 7.13. The van der Waals surface area contributed by atoms with Gasteiger partial charge in [0.15, 0.2) is 0 Å². The van der Waals surface area contributed by atoms with Crippen molar-refractivity contribution >= 4 is 17.7 Å². The van der Waals surface area contributed by atoms with Gasteiger partial charge < -0.3 is 10.4 Å². The first-order valence-corrected chi connectivity index (χ1v) is 7.51. The van der Waals surface area contributed by atoms with E-state index in [-0.39, 0.29) is 18.2 Å². The molecule has 2 N–H and O–H groups in total. The van der Waals surface area contributed by atoms with Gasteiger partial charge in [0.05, 0.1) is 5.56 Å². The van der Waals surface area contributed by atoms with E-state index in [1.165, 1.54) is 18.2 Å². The second kappa shape index (κ2) is 8.62. The molecule has 0 aliphatic heterocycles. The molecule has 3 nitrogen and oxygen atoms in total. The molecule has 5 heteroatoms. The number of hydrogen-bond acceptors (Lipinski definition) is 3. The van der Waals surface area contributed by atoms with Gasteiger partial charge in [-0.25, -0.2) is 4.39 Å². The molecule has 0 aliphatic rings. The summed E-state index contributed by atoms with van der Waals surface area (Å²) in [5.41, 5.74) is 0.476. The summed E-state index contributed by atoms with van der Waals surface area (Å²) in [6, 6.07) is 4.05. The van der Waals surface area contributed by atoms with Crippen molar-refractivity contribution in [2.45, 2.75) is 19.9 Å². The SMILES string of the molecule is CCSCC(C)NC(=O)c1cc(C#CCO)ccc1F. The zero-order valence-corrected chi connectivity index (χ0v) is 12.4. The number of aliphatic hydroxyl groups is 1. The molecule has 1 rings (SSSR count). The van der Waals surface area contributed by atoms with Crippen LogP contribution in [0.25, 0.3) is 0 Å². The van der Waals surface area contributed by atoms with E-state index in [1.807, 2.05) is 13.8 Å². The molecule has 1 amide bonds. The molecule has 0 saturated carbocycles. The molecule has 1 aromatic carbocycles. The van der Waals surface area contributed by atoms with Crippen LogP contribution in [0.15, 0.2) is 18.2 Å². The highest BCUT2D eigenvalue weighted by Crippen LogP contribution is 2.11. The van der Waals surface area contributed by atoms with Gasteiger partial charge >= 0.3 is 0 Å². The van der Waals surface area contributed by atoms with E-state index in [9.17, 15) is 9.18 Å². The fourth-order valence-corrected chi connectivity index (χ4v) is 2.23. The van der Waals surface area contributed by atoms with Crippen LogP contribution in [0.3, 0.4) is 0 Å². The number of thioether (sulfide) groups is 1. The van der Waals surface area contributed by atoms with E-state index >= 15 is 0 Å². The van der Waals surface area contributed by atoms with Gasteiger partial charge in [0, 0.05) is 17.4 Å². The smallest absolute Gasteiger partial charge is 0.254 e. The summed E-state index contributed by atoms with van der Waals surface area (Å²) in [5.74, 6) is 5.86. The Labute approximate surface area is 123 Å². The van der Waals surface area contributed by atoms with Crippen molar-refractivity contribution in [2.24, 2.45) is 0 Å². The molecule has 0 fully saturated rings. The van der Waals surface area contributed by atoms with Crippen LogP contribution in [0.1, 0.15) is 29.8 Å². The second-order valence-corrected chi connectivity index (χ2v) is 5.51. The van der Waals surface area contributed by atoms with E-state index in [1.54, 1.807) is 11.8 Å². The number of rotatable bonds is 5. The van der Waals surface area contributed by atoms with Crippen molar-refractivity contribution in [3.63, 3.8) is 0 Å². The minimum atomic E-state index is -0.576. The summed E-state index contributed by atoms with van der Waals surface area (Å²) in [6.45, 7) is 3.65. The van der Waals surface area contributed by atoms with Crippen LogP contribution in [0.2, 0.25) is 0 Å². The lowest BCUT2D eigenvalue weighted by Gasteiger charge is -2.13. The molecular weight excluding hydrogens is 277 g/mol. The maximum absolute atomic E-state index is 13.7. The normalized spacial score (nSPS) is 11.4. The quantitative estimate of drug-likeness (QED) is 0.817. The van der Waals surface area contributed by atoms with Crippen molar-refractivity contribution in [2.75, 3.05) is 18.1 Å². The van der Waals surface area contributed by atoms with Gasteiger partial charge in [-0.05, 0) is 30.9 Å². The summed E-state index contributed by atoms with van der Waals surface area (Å²) in [4.78, 5) is 12.0.